The Morgan fingerprint density at radius 1 is 0.900 bits per heavy atom. The first kappa shape index (κ1) is 14.7. The summed E-state index contributed by atoms with van der Waals surface area (Å²) in [5.74, 6) is 1.50. The molecule has 1 atom stereocenters. The number of alkyl halides is 1. The van der Waals surface area contributed by atoms with E-state index in [1.807, 2.05) is 18.2 Å². The van der Waals surface area contributed by atoms with Crippen LogP contribution < -0.4 is 9.47 Å². The van der Waals surface area contributed by atoms with Gasteiger partial charge in [0.05, 0.1) is 19.6 Å². The van der Waals surface area contributed by atoms with Gasteiger partial charge in [0, 0.05) is 11.6 Å². The maximum absolute atomic E-state index is 6.67. The maximum Gasteiger partial charge on any atom is 0.127 e. The van der Waals surface area contributed by atoms with E-state index in [0.717, 1.165) is 22.6 Å². The molecule has 0 aliphatic carbocycles. The molecule has 0 fully saturated rings. The highest BCUT2D eigenvalue weighted by Gasteiger charge is 2.18. The van der Waals surface area contributed by atoms with Gasteiger partial charge in [0.15, 0.2) is 0 Å². The average molecular weight is 291 g/mol. The topological polar surface area (TPSA) is 18.5 Å². The number of ether oxygens (including phenoxy) is 2. The average Bonchev–Trinajstić information content (AvgIpc) is 2.48. The van der Waals surface area contributed by atoms with Crippen LogP contribution in [0.4, 0.5) is 0 Å². The van der Waals surface area contributed by atoms with Crippen molar-refractivity contribution in [2.24, 2.45) is 0 Å². The molecule has 2 aromatic rings. The number of rotatable bonds is 4. The predicted octanol–water partition coefficient (Wildman–Crippen LogP) is 4.65. The molecule has 106 valence electrons. The molecule has 2 rings (SSSR count). The number of benzene rings is 2. The van der Waals surface area contributed by atoms with Crippen molar-refractivity contribution in [3.05, 3.63) is 58.7 Å². The fourth-order valence-electron chi connectivity index (χ4n) is 2.23. The van der Waals surface area contributed by atoms with Gasteiger partial charge in [-0.25, -0.2) is 0 Å². The first-order valence-electron chi connectivity index (χ1n) is 6.50. The molecule has 0 saturated carbocycles. The van der Waals surface area contributed by atoms with E-state index in [2.05, 4.69) is 32.0 Å². The number of aryl methyl sites for hydroxylation is 2. The predicted molar refractivity (Wildman–Crippen MR) is 83.2 cm³/mol. The summed E-state index contributed by atoms with van der Waals surface area (Å²) in [6.07, 6.45) is 0. The zero-order valence-electron chi connectivity index (χ0n) is 12.2. The molecule has 3 heteroatoms. The standard InChI is InChI=1S/C17H19ClO2/c1-11-5-6-12(2)15(9-11)17(18)14-8-7-13(19-3)10-16(14)20-4/h5-10,17H,1-4H3. The van der Waals surface area contributed by atoms with Crippen LogP contribution in [0.15, 0.2) is 36.4 Å². The molecule has 0 aliphatic heterocycles. The van der Waals surface area contributed by atoms with E-state index in [-0.39, 0.29) is 5.38 Å². The highest BCUT2D eigenvalue weighted by atomic mass is 35.5. The fourth-order valence-corrected chi connectivity index (χ4v) is 2.64. The minimum absolute atomic E-state index is 0.240. The Bertz CT molecular complexity index is 608. The van der Waals surface area contributed by atoms with Crippen molar-refractivity contribution >= 4 is 11.6 Å². The number of halogens is 1. The van der Waals surface area contributed by atoms with Crippen LogP contribution in [0, 0.1) is 13.8 Å². The second-order valence-electron chi connectivity index (χ2n) is 4.83. The van der Waals surface area contributed by atoms with Crippen LogP contribution in [0.3, 0.4) is 0 Å². The van der Waals surface area contributed by atoms with Gasteiger partial charge >= 0.3 is 0 Å². The van der Waals surface area contributed by atoms with Gasteiger partial charge in [-0.15, -0.1) is 11.6 Å². The van der Waals surface area contributed by atoms with Gasteiger partial charge in [0.1, 0.15) is 11.5 Å². The minimum atomic E-state index is -0.240. The van der Waals surface area contributed by atoms with Crippen molar-refractivity contribution in [3.63, 3.8) is 0 Å². The quantitative estimate of drug-likeness (QED) is 0.763. The summed E-state index contributed by atoms with van der Waals surface area (Å²) < 4.78 is 10.7. The summed E-state index contributed by atoms with van der Waals surface area (Å²) in [6, 6.07) is 12.0. The summed E-state index contributed by atoms with van der Waals surface area (Å²) in [5, 5.41) is -0.240. The van der Waals surface area contributed by atoms with Crippen LogP contribution in [0.25, 0.3) is 0 Å². The lowest BCUT2D eigenvalue weighted by Gasteiger charge is -2.17. The second kappa shape index (κ2) is 6.19. The normalized spacial score (nSPS) is 12.1. The van der Waals surface area contributed by atoms with E-state index in [0.29, 0.717) is 0 Å². The Labute approximate surface area is 125 Å². The molecule has 2 aromatic carbocycles. The molecule has 2 nitrogen and oxygen atoms in total. The van der Waals surface area contributed by atoms with Crippen molar-refractivity contribution in [3.8, 4) is 11.5 Å². The first-order chi connectivity index (χ1) is 9.56. The lowest BCUT2D eigenvalue weighted by atomic mass is 9.97. The second-order valence-corrected chi connectivity index (χ2v) is 5.27. The van der Waals surface area contributed by atoms with Gasteiger partial charge in [-0.05, 0) is 37.1 Å². The largest absolute Gasteiger partial charge is 0.497 e. The number of hydrogen-bond donors (Lipinski definition) is 0. The molecule has 0 spiro atoms. The van der Waals surface area contributed by atoms with Crippen molar-refractivity contribution in [2.45, 2.75) is 19.2 Å². The minimum Gasteiger partial charge on any atom is -0.497 e. The van der Waals surface area contributed by atoms with Gasteiger partial charge in [0.25, 0.3) is 0 Å². The number of methoxy groups -OCH3 is 2. The molecule has 0 aliphatic rings. The third kappa shape index (κ3) is 2.91. The SMILES string of the molecule is COc1ccc(C(Cl)c2cc(C)ccc2C)c(OC)c1. The fraction of sp³-hybridized carbons (Fsp3) is 0.294. The molecule has 0 N–H and O–H groups in total. The summed E-state index contributed by atoms with van der Waals surface area (Å²) in [4.78, 5) is 0. The van der Waals surface area contributed by atoms with Crippen LogP contribution in [0.5, 0.6) is 11.5 Å². The monoisotopic (exact) mass is 290 g/mol. The van der Waals surface area contributed by atoms with Crippen molar-refractivity contribution in [2.75, 3.05) is 14.2 Å². The molecule has 20 heavy (non-hydrogen) atoms. The Hall–Kier alpha value is -1.67. The third-order valence-corrected chi connectivity index (χ3v) is 3.89. The van der Waals surface area contributed by atoms with Crippen molar-refractivity contribution in [1.82, 2.24) is 0 Å². The van der Waals surface area contributed by atoms with Gasteiger partial charge in [-0.3, -0.25) is 0 Å². The Morgan fingerprint density at radius 2 is 1.65 bits per heavy atom. The maximum atomic E-state index is 6.67. The first-order valence-corrected chi connectivity index (χ1v) is 6.93. The van der Waals surface area contributed by atoms with E-state index in [4.69, 9.17) is 21.1 Å². The van der Waals surface area contributed by atoms with Crippen molar-refractivity contribution in [1.29, 1.82) is 0 Å². The Balaban J connectivity index is 2.47. The van der Waals surface area contributed by atoms with Gasteiger partial charge in [-0.2, -0.15) is 0 Å². The Morgan fingerprint density at radius 3 is 2.30 bits per heavy atom. The lowest BCUT2D eigenvalue weighted by Crippen LogP contribution is -2.00. The molecule has 0 radical (unpaired) electrons. The zero-order chi connectivity index (χ0) is 14.7. The molecule has 0 aromatic heterocycles. The molecular formula is C17H19ClO2. The zero-order valence-corrected chi connectivity index (χ0v) is 13.0. The van der Waals surface area contributed by atoms with E-state index in [1.165, 1.54) is 11.1 Å². The molecule has 0 amide bonds. The van der Waals surface area contributed by atoms with E-state index in [9.17, 15) is 0 Å². The van der Waals surface area contributed by atoms with Crippen LogP contribution >= 0.6 is 11.6 Å². The summed E-state index contributed by atoms with van der Waals surface area (Å²) >= 11 is 6.67. The molecule has 0 saturated heterocycles. The highest BCUT2D eigenvalue weighted by Crippen LogP contribution is 2.38. The molecule has 0 bridgehead atoms. The lowest BCUT2D eigenvalue weighted by molar-refractivity contribution is 0.391. The van der Waals surface area contributed by atoms with Gasteiger partial charge < -0.3 is 9.47 Å². The van der Waals surface area contributed by atoms with Gasteiger partial charge in [-0.1, -0.05) is 23.8 Å². The van der Waals surface area contributed by atoms with Gasteiger partial charge in [0.2, 0.25) is 0 Å². The molecule has 0 heterocycles. The smallest absolute Gasteiger partial charge is 0.127 e. The van der Waals surface area contributed by atoms with Crippen LogP contribution in [-0.2, 0) is 0 Å². The van der Waals surface area contributed by atoms with Crippen LogP contribution in [0.2, 0.25) is 0 Å². The highest BCUT2D eigenvalue weighted by molar-refractivity contribution is 6.23. The molecular weight excluding hydrogens is 272 g/mol. The van der Waals surface area contributed by atoms with Crippen molar-refractivity contribution < 1.29 is 9.47 Å². The summed E-state index contributed by atoms with van der Waals surface area (Å²) in [7, 11) is 3.28. The Kier molecular flexibility index (Phi) is 4.56. The van der Waals surface area contributed by atoms with Crippen LogP contribution in [-0.4, -0.2) is 14.2 Å². The van der Waals surface area contributed by atoms with Crippen LogP contribution in [0.1, 0.15) is 27.6 Å². The third-order valence-electron chi connectivity index (χ3n) is 3.42. The van der Waals surface area contributed by atoms with E-state index >= 15 is 0 Å². The number of hydrogen-bond acceptors (Lipinski definition) is 2. The summed E-state index contributed by atoms with van der Waals surface area (Å²) in [5.41, 5.74) is 4.43. The van der Waals surface area contributed by atoms with E-state index < -0.39 is 0 Å². The van der Waals surface area contributed by atoms with E-state index in [1.54, 1.807) is 14.2 Å². The summed E-state index contributed by atoms with van der Waals surface area (Å²) in [6.45, 7) is 4.14. The molecule has 1 unspecified atom stereocenters.